The van der Waals surface area contributed by atoms with Crippen LogP contribution in [0.1, 0.15) is 143 Å². The van der Waals surface area contributed by atoms with Gasteiger partial charge in [0.05, 0.1) is 31.8 Å². The summed E-state index contributed by atoms with van der Waals surface area (Å²) in [4.78, 5) is 87.2. The quantitative estimate of drug-likeness (QED) is 0.0325. The molecule has 0 unspecified atom stereocenters. The van der Waals surface area contributed by atoms with Crippen LogP contribution in [0.5, 0.6) is 34.5 Å². The van der Waals surface area contributed by atoms with Gasteiger partial charge in [0.1, 0.15) is 119 Å². The lowest BCUT2D eigenvalue weighted by Crippen LogP contribution is -2.40. The summed E-state index contributed by atoms with van der Waals surface area (Å²) in [5.74, 6) is 2.26. The summed E-state index contributed by atoms with van der Waals surface area (Å²) in [6.07, 6.45) is -1.71. The maximum absolute atomic E-state index is 14.0. The predicted molar refractivity (Wildman–Crippen MR) is 496 cm³/mol. The van der Waals surface area contributed by atoms with Gasteiger partial charge in [0.2, 0.25) is 17.7 Å². The van der Waals surface area contributed by atoms with Crippen LogP contribution in [0, 0.1) is 59.0 Å². The van der Waals surface area contributed by atoms with E-state index in [-0.39, 0.29) is 137 Å². The number of oxazole rings is 3. The van der Waals surface area contributed by atoms with E-state index in [4.69, 9.17) is 58.0 Å². The number of aryl methyl sites for hydroxylation is 6. The highest BCUT2D eigenvalue weighted by atomic mass is 35.5. The van der Waals surface area contributed by atoms with Crippen molar-refractivity contribution in [3.8, 4) is 68.9 Å². The Balaban J connectivity index is 0.000000589. The number of carbonyl (C=O) groups excluding carboxylic acids is 5. The fourth-order valence-corrected chi connectivity index (χ4v) is 11.3. The number of nitrogens with zero attached hydrogens (tertiary/aromatic N) is 5. The molecule has 32 heteroatoms. The molecule has 0 aliphatic rings. The number of halogens is 5. The number of rotatable bonds is 29. The van der Waals surface area contributed by atoms with Crippen LogP contribution in [0.15, 0.2) is 232 Å². The molecule has 3 atom stereocenters. The van der Waals surface area contributed by atoms with Crippen molar-refractivity contribution in [3.05, 3.63) is 304 Å². The number of hydrogen-bond acceptors (Lipinski definition) is 21. The van der Waals surface area contributed by atoms with Crippen LogP contribution >= 0.6 is 64.5 Å². The molecule has 126 heavy (non-hydrogen) atoms. The highest BCUT2D eigenvalue weighted by Crippen LogP contribution is 2.32. The second kappa shape index (κ2) is 54.5. The number of hydrogen-bond donors (Lipinski definition) is 2. The Morgan fingerprint density at radius 2 is 0.714 bits per heavy atom. The molecule has 0 saturated carbocycles. The van der Waals surface area contributed by atoms with Gasteiger partial charge in [0.15, 0.2) is 0 Å². The average molecular weight is 1840 g/mol. The van der Waals surface area contributed by atoms with Gasteiger partial charge in [-0.05, 0) is 201 Å². The monoisotopic (exact) mass is 1830 g/mol. The molecule has 0 saturated heterocycles. The number of benzene rings is 9. The maximum Gasteiger partial charge on any atom is 0.416 e. The van der Waals surface area contributed by atoms with Crippen molar-refractivity contribution in [2.45, 2.75) is 136 Å². The lowest BCUT2D eigenvalue weighted by atomic mass is 10.1. The van der Waals surface area contributed by atoms with E-state index in [1.165, 1.54) is 41.3 Å². The van der Waals surface area contributed by atoms with Crippen LogP contribution in [-0.4, -0.2) is 98.2 Å². The van der Waals surface area contributed by atoms with E-state index in [2.05, 4.69) is 25.0 Å². The van der Waals surface area contributed by atoms with Gasteiger partial charge < -0.3 is 61.6 Å². The summed E-state index contributed by atoms with van der Waals surface area (Å²) < 4.78 is 101. The van der Waals surface area contributed by atoms with Gasteiger partial charge >= 0.3 is 35.5 Å². The van der Waals surface area contributed by atoms with E-state index in [1.54, 1.807) is 97.0 Å². The summed E-state index contributed by atoms with van der Waals surface area (Å²) in [5, 5.41) is 12.5. The summed E-state index contributed by atoms with van der Waals surface area (Å²) >= 11 is 4.92. The molecule has 24 nitrogen and oxygen atoms in total. The summed E-state index contributed by atoms with van der Waals surface area (Å²) in [6.45, 7) is 19.8. The standard InChI is InChI=1S/C31H31FN2O6.C29H27FN2O6.C23H26N2O4.C8H6ClFO2.3CH4.ClH.3H2S/c1-5-37-29(35)18-34(31(36)40-26-14-11-20(2)27(32)17-26)21(3)23-12-15-25(16-13-23)38-19-28-22(4)39-30(33-28)24-9-7-6-8-10-24;1-18-9-12-24(15-25(18)30)38-29(35)32(16-27(33)34)19(2)21-10-13-23(14-11-21)36-17-26-20(3)37-28(31-26)22-7-5-4-6-8-22;1-4-27-22(26)14-24-16(2)18-10-12-20(13-11-18)28-15-21-17(3)29-23(25-21)19-8-6-5-7-9-19;1-5-2-3-6(4-7(5)10)12-8(9)11;;;;;;;/h6-17,21H,5,18-19H2,1-4H3;4-15,19H,16-17H2,1-3H3,(H,33,34);5-13,16,24H,4,14-15H2,1-3H3;2-4H,1H3;3*1H4;1H;3*1H2/t21-;19-;16-;;;;;;;;/m000......../s1. The van der Waals surface area contributed by atoms with Gasteiger partial charge in [-0.15, -0.1) is 12.4 Å². The van der Waals surface area contributed by atoms with Crippen molar-refractivity contribution in [2.75, 3.05) is 32.8 Å². The molecule has 2 amide bonds. The molecule has 0 spiro atoms. The molecule has 0 bridgehead atoms. The molecular formula is C94H109Cl2F3N6O18S3. The van der Waals surface area contributed by atoms with Crippen LogP contribution in [0.4, 0.5) is 27.6 Å². The zero-order valence-corrected chi connectivity index (χ0v) is 73.8. The van der Waals surface area contributed by atoms with Crippen LogP contribution < -0.4 is 33.7 Å². The number of ether oxygens (including phenoxy) is 8. The lowest BCUT2D eigenvalue weighted by molar-refractivity contribution is -0.144. The summed E-state index contributed by atoms with van der Waals surface area (Å²) in [5.41, 5.74) is 7.62. The number of esters is 2. The normalized spacial score (nSPS) is 10.8. The predicted octanol–water partition coefficient (Wildman–Crippen LogP) is 23.1. The molecule has 2 N–H and O–H groups in total. The van der Waals surface area contributed by atoms with E-state index in [1.807, 2.05) is 143 Å². The van der Waals surface area contributed by atoms with Crippen molar-refractivity contribution >= 4 is 100 Å². The molecule has 0 aliphatic carbocycles. The van der Waals surface area contributed by atoms with Crippen LogP contribution in [0.25, 0.3) is 34.4 Å². The van der Waals surface area contributed by atoms with Crippen LogP contribution in [-0.2, 0) is 43.7 Å². The fourth-order valence-electron chi connectivity index (χ4n) is 11.3. The zero-order chi connectivity index (χ0) is 85.7. The molecule has 9 aromatic carbocycles. The Hall–Kier alpha value is -12.2. The van der Waals surface area contributed by atoms with E-state index in [9.17, 15) is 47.0 Å². The summed E-state index contributed by atoms with van der Waals surface area (Å²) in [6, 6.07) is 61.8. The van der Waals surface area contributed by atoms with Crippen LogP contribution in [0.3, 0.4) is 0 Å². The third kappa shape index (κ3) is 33.4. The highest BCUT2D eigenvalue weighted by Gasteiger charge is 2.29. The highest BCUT2D eigenvalue weighted by molar-refractivity contribution is 7.59. The first-order valence-corrected chi connectivity index (χ1v) is 38.1. The zero-order valence-electron chi connectivity index (χ0n) is 69.2. The number of aromatic nitrogens is 3. The Bertz CT molecular complexity index is 5370. The number of aliphatic carboxylic acids is 1. The second-order valence-corrected chi connectivity index (χ2v) is 27.1. The average Bonchev–Trinajstić information content (AvgIpc) is 1.42. The topological polar surface area (TPSA) is 293 Å². The van der Waals surface area contributed by atoms with Crippen molar-refractivity contribution in [2.24, 2.45) is 0 Å². The summed E-state index contributed by atoms with van der Waals surface area (Å²) in [7, 11) is 0. The second-order valence-electron chi connectivity index (χ2n) is 26.8. The lowest BCUT2D eigenvalue weighted by Gasteiger charge is -2.28. The fraction of sp³-hybridized carbons (Fsp3) is 0.266. The number of carbonyl (C=O) groups is 6. The van der Waals surface area contributed by atoms with Gasteiger partial charge in [0.25, 0.3) is 0 Å². The Morgan fingerprint density at radius 1 is 0.421 bits per heavy atom. The molecule has 3 aromatic heterocycles. The Labute approximate surface area is 765 Å². The smallest absolute Gasteiger partial charge is 0.416 e. The molecule has 12 rings (SSSR count). The van der Waals surface area contributed by atoms with Gasteiger partial charge in [-0.3, -0.25) is 24.2 Å². The molecule has 0 aliphatic heterocycles. The Kier molecular flexibility index (Phi) is 47.6. The maximum atomic E-state index is 14.0. The third-order valence-electron chi connectivity index (χ3n) is 18.2. The van der Waals surface area contributed by atoms with Crippen molar-refractivity contribution in [1.29, 1.82) is 0 Å². The van der Waals surface area contributed by atoms with E-state index >= 15 is 0 Å². The van der Waals surface area contributed by atoms with Gasteiger partial charge in [-0.1, -0.05) is 131 Å². The number of carboxylic acids is 1. The van der Waals surface area contributed by atoms with Gasteiger partial charge in [-0.2, -0.15) is 40.5 Å². The first-order chi connectivity index (χ1) is 57.1. The first-order valence-electron chi connectivity index (χ1n) is 37.7. The van der Waals surface area contributed by atoms with E-state index in [0.29, 0.717) is 87.5 Å². The van der Waals surface area contributed by atoms with Gasteiger partial charge in [0, 0.05) is 52.5 Å². The SMILES string of the molecule is C.C.C.CCOC(=O)CN(C(=O)Oc1ccc(C)c(F)c1)[C@@H](C)c1ccc(OCc2nc(-c3ccccc3)oc2C)cc1.CCOC(=O)CN[C@@H](C)c1ccc(OCc2nc(-c3ccccc3)oc2C)cc1.Cc1ccc(OC(=O)Cl)cc1F.Cc1ccc(OC(=O)N(CC(=O)O)[C@@H](C)c2ccc(OCc3nc(-c4ccccc4)oc3C)cc2)cc1F.Cl.S.S.S. The Morgan fingerprint density at radius 3 is 1.02 bits per heavy atom. The minimum Gasteiger partial charge on any atom is -0.487 e. The molecular weight excluding hydrogens is 1730 g/mol. The molecule has 0 radical (unpaired) electrons. The van der Waals surface area contributed by atoms with Crippen molar-refractivity contribution < 1.29 is 98.2 Å². The molecule has 12 aromatic rings. The van der Waals surface area contributed by atoms with Crippen molar-refractivity contribution in [1.82, 2.24) is 30.1 Å². The van der Waals surface area contributed by atoms with Crippen LogP contribution in [0.2, 0.25) is 0 Å². The minimum absolute atomic E-state index is 0. The number of amides is 2. The van der Waals surface area contributed by atoms with Crippen molar-refractivity contribution in [3.63, 3.8) is 0 Å². The van der Waals surface area contributed by atoms with E-state index < -0.39 is 65.6 Å². The molecule has 676 valence electrons. The molecule has 3 heterocycles. The third-order valence-corrected chi connectivity index (χ3v) is 18.3. The number of carboxylic acid groups (broad SMARTS) is 1. The number of nitrogens with one attached hydrogen (secondary N) is 1. The van der Waals surface area contributed by atoms with Gasteiger partial charge in [-0.25, -0.2) is 42.5 Å². The first kappa shape index (κ1) is 110. The molecule has 0 fully saturated rings. The largest absolute Gasteiger partial charge is 0.487 e. The van der Waals surface area contributed by atoms with E-state index in [0.717, 1.165) is 68.1 Å². The minimum atomic E-state index is -1.21.